The first kappa shape index (κ1) is 17.5. The van der Waals surface area contributed by atoms with Crippen molar-refractivity contribution in [2.24, 2.45) is 5.92 Å². The van der Waals surface area contributed by atoms with Crippen LogP contribution in [0, 0.1) is 23.4 Å². The van der Waals surface area contributed by atoms with Gasteiger partial charge in [-0.3, -0.25) is 4.79 Å². The smallest absolute Gasteiger partial charge is 0.224 e. The molecule has 2 aromatic rings. The van der Waals surface area contributed by atoms with Gasteiger partial charge in [0, 0.05) is 17.4 Å². The second-order valence-electron chi connectivity index (χ2n) is 6.38. The zero-order valence-corrected chi connectivity index (χ0v) is 13.5. The van der Waals surface area contributed by atoms with Gasteiger partial charge >= 0.3 is 0 Å². The fourth-order valence-corrected chi connectivity index (χ4v) is 3.03. The molecule has 25 heavy (non-hydrogen) atoms. The third-order valence-corrected chi connectivity index (χ3v) is 4.55. The third-order valence-electron chi connectivity index (χ3n) is 4.55. The number of carbonyl (C=O) groups excluding carboxylic acids is 1. The Balaban J connectivity index is 1.62. The lowest BCUT2D eigenvalue weighted by atomic mass is 10.0. The number of aliphatic hydroxyl groups is 1. The predicted octanol–water partition coefficient (Wildman–Crippen LogP) is 3.45. The molecule has 0 aliphatic heterocycles. The van der Waals surface area contributed by atoms with Gasteiger partial charge < -0.3 is 10.4 Å². The second kappa shape index (κ2) is 6.88. The van der Waals surface area contributed by atoms with Gasteiger partial charge in [-0.05, 0) is 43.2 Å². The van der Waals surface area contributed by atoms with Crippen molar-refractivity contribution in [1.29, 1.82) is 0 Å². The number of rotatable bonds is 5. The average Bonchev–Trinajstić information content (AvgIpc) is 3.35. The molecule has 1 aliphatic carbocycles. The molecule has 132 valence electrons. The SMILES string of the molecule is CC(NC(=O)C1CC1c1c(F)cccc1F)C(O)c1ccc(F)cc1. The van der Waals surface area contributed by atoms with Gasteiger partial charge in [-0.1, -0.05) is 18.2 Å². The summed E-state index contributed by atoms with van der Waals surface area (Å²) in [5.74, 6) is -3.09. The molecule has 1 saturated carbocycles. The number of nitrogens with one attached hydrogen (secondary N) is 1. The van der Waals surface area contributed by atoms with Crippen LogP contribution in [0.3, 0.4) is 0 Å². The maximum atomic E-state index is 13.8. The molecule has 0 heterocycles. The lowest BCUT2D eigenvalue weighted by Gasteiger charge is -2.20. The van der Waals surface area contributed by atoms with Crippen molar-refractivity contribution in [3.05, 3.63) is 71.0 Å². The van der Waals surface area contributed by atoms with E-state index in [-0.39, 0.29) is 11.5 Å². The fraction of sp³-hybridized carbons (Fsp3) is 0.316. The highest BCUT2D eigenvalue weighted by Gasteiger charge is 2.47. The van der Waals surface area contributed by atoms with E-state index in [0.717, 1.165) is 0 Å². The van der Waals surface area contributed by atoms with Gasteiger partial charge in [0.1, 0.15) is 17.5 Å². The van der Waals surface area contributed by atoms with Gasteiger partial charge in [0.05, 0.1) is 12.1 Å². The van der Waals surface area contributed by atoms with E-state index in [1.54, 1.807) is 6.92 Å². The summed E-state index contributed by atoms with van der Waals surface area (Å²) in [4.78, 5) is 12.3. The molecule has 1 fully saturated rings. The number of carbonyl (C=O) groups is 1. The van der Waals surface area contributed by atoms with Crippen molar-refractivity contribution in [2.75, 3.05) is 0 Å². The molecule has 0 saturated heterocycles. The quantitative estimate of drug-likeness (QED) is 0.869. The van der Waals surface area contributed by atoms with Crippen molar-refractivity contribution < 1.29 is 23.1 Å². The van der Waals surface area contributed by atoms with E-state index in [0.29, 0.717) is 12.0 Å². The van der Waals surface area contributed by atoms with E-state index >= 15 is 0 Å². The van der Waals surface area contributed by atoms with E-state index in [9.17, 15) is 23.1 Å². The molecule has 1 aliphatic rings. The zero-order chi connectivity index (χ0) is 18.1. The van der Waals surface area contributed by atoms with Crippen LogP contribution in [0.5, 0.6) is 0 Å². The molecule has 3 nitrogen and oxygen atoms in total. The van der Waals surface area contributed by atoms with Gasteiger partial charge in [0.25, 0.3) is 0 Å². The molecule has 2 aromatic carbocycles. The zero-order valence-electron chi connectivity index (χ0n) is 13.5. The van der Waals surface area contributed by atoms with E-state index in [1.807, 2.05) is 0 Å². The first-order valence-corrected chi connectivity index (χ1v) is 8.06. The van der Waals surface area contributed by atoms with Gasteiger partial charge in [0.15, 0.2) is 0 Å². The van der Waals surface area contributed by atoms with E-state index in [1.165, 1.54) is 42.5 Å². The molecule has 4 unspecified atom stereocenters. The summed E-state index contributed by atoms with van der Waals surface area (Å²) in [5, 5.41) is 12.9. The number of aliphatic hydroxyl groups excluding tert-OH is 1. The summed E-state index contributed by atoms with van der Waals surface area (Å²) in [6.45, 7) is 1.62. The van der Waals surface area contributed by atoms with Crippen LogP contribution >= 0.6 is 0 Å². The topological polar surface area (TPSA) is 49.3 Å². The van der Waals surface area contributed by atoms with Crippen LogP contribution in [0.4, 0.5) is 13.2 Å². The first-order valence-electron chi connectivity index (χ1n) is 8.06. The Morgan fingerprint density at radius 2 is 1.72 bits per heavy atom. The summed E-state index contributed by atoms with van der Waals surface area (Å²) >= 11 is 0. The van der Waals surface area contributed by atoms with Crippen molar-refractivity contribution in [3.8, 4) is 0 Å². The lowest BCUT2D eigenvalue weighted by Crippen LogP contribution is -2.38. The molecule has 0 bridgehead atoms. The monoisotopic (exact) mass is 349 g/mol. The minimum absolute atomic E-state index is 0.0608. The highest BCUT2D eigenvalue weighted by atomic mass is 19.1. The predicted molar refractivity (Wildman–Crippen MR) is 86.2 cm³/mol. The Hall–Kier alpha value is -2.34. The number of hydrogen-bond donors (Lipinski definition) is 2. The average molecular weight is 349 g/mol. The molecular weight excluding hydrogens is 331 g/mol. The number of halogens is 3. The minimum Gasteiger partial charge on any atom is -0.386 e. The Morgan fingerprint density at radius 3 is 2.32 bits per heavy atom. The number of benzene rings is 2. The van der Waals surface area contributed by atoms with E-state index in [2.05, 4.69) is 5.32 Å². The second-order valence-corrected chi connectivity index (χ2v) is 6.38. The van der Waals surface area contributed by atoms with Crippen LogP contribution in [0.25, 0.3) is 0 Å². The molecular formula is C19H18F3NO2. The van der Waals surface area contributed by atoms with Crippen LogP contribution in [0.1, 0.15) is 36.5 Å². The van der Waals surface area contributed by atoms with Crippen LogP contribution in [-0.4, -0.2) is 17.1 Å². The van der Waals surface area contributed by atoms with E-state index < -0.39 is 41.4 Å². The van der Waals surface area contributed by atoms with Crippen LogP contribution in [0.2, 0.25) is 0 Å². The van der Waals surface area contributed by atoms with Gasteiger partial charge in [-0.15, -0.1) is 0 Å². The molecule has 0 radical (unpaired) electrons. The molecule has 1 amide bonds. The molecule has 6 heteroatoms. The maximum Gasteiger partial charge on any atom is 0.224 e. The fourth-order valence-electron chi connectivity index (χ4n) is 3.03. The van der Waals surface area contributed by atoms with Gasteiger partial charge in [-0.2, -0.15) is 0 Å². The summed E-state index contributed by atoms with van der Waals surface area (Å²) in [6.07, 6.45) is -0.643. The van der Waals surface area contributed by atoms with Gasteiger partial charge in [0.2, 0.25) is 5.91 Å². The third kappa shape index (κ3) is 3.69. The van der Waals surface area contributed by atoms with Crippen molar-refractivity contribution in [1.82, 2.24) is 5.32 Å². The minimum atomic E-state index is -1.01. The summed E-state index contributed by atoms with van der Waals surface area (Å²) in [6, 6.07) is 8.35. The Labute approximate surface area is 143 Å². The molecule has 0 spiro atoms. The van der Waals surface area contributed by atoms with E-state index in [4.69, 9.17) is 0 Å². The summed E-state index contributed by atoms with van der Waals surface area (Å²) in [7, 11) is 0. The summed E-state index contributed by atoms with van der Waals surface area (Å²) < 4.78 is 40.5. The molecule has 0 aromatic heterocycles. The first-order chi connectivity index (χ1) is 11.9. The maximum absolute atomic E-state index is 13.8. The van der Waals surface area contributed by atoms with Crippen LogP contribution in [-0.2, 0) is 4.79 Å². The molecule has 4 atom stereocenters. The van der Waals surface area contributed by atoms with Crippen LogP contribution < -0.4 is 5.32 Å². The standard InChI is InChI=1S/C19H18F3NO2/c1-10(18(24)11-5-7-12(20)8-6-11)23-19(25)14-9-13(14)17-15(21)3-2-4-16(17)22/h2-8,10,13-14,18,24H,9H2,1H3,(H,23,25). The Bertz CT molecular complexity index is 758. The van der Waals surface area contributed by atoms with Crippen molar-refractivity contribution in [3.63, 3.8) is 0 Å². The van der Waals surface area contributed by atoms with Crippen molar-refractivity contribution >= 4 is 5.91 Å². The van der Waals surface area contributed by atoms with Gasteiger partial charge in [-0.25, -0.2) is 13.2 Å². The number of amides is 1. The Morgan fingerprint density at radius 1 is 1.12 bits per heavy atom. The highest BCUT2D eigenvalue weighted by Crippen LogP contribution is 2.49. The normalized spacial score (nSPS) is 21.5. The lowest BCUT2D eigenvalue weighted by molar-refractivity contribution is -0.123. The molecule has 2 N–H and O–H groups in total. The largest absolute Gasteiger partial charge is 0.386 e. The Kier molecular flexibility index (Phi) is 4.81. The van der Waals surface area contributed by atoms with Crippen molar-refractivity contribution in [2.45, 2.75) is 31.4 Å². The summed E-state index contributed by atoms with van der Waals surface area (Å²) in [5.41, 5.74) is 0.413. The van der Waals surface area contributed by atoms with Crippen LogP contribution in [0.15, 0.2) is 42.5 Å². The molecule has 3 rings (SSSR count). The number of hydrogen-bond acceptors (Lipinski definition) is 2. The highest BCUT2D eigenvalue weighted by molar-refractivity contribution is 5.83.